The lowest BCUT2D eigenvalue weighted by Crippen LogP contribution is -2.40. The number of nitrogens with zero attached hydrogens (tertiary/aromatic N) is 2. The van der Waals surface area contributed by atoms with E-state index in [0.29, 0.717) is 17.8 Å². The van der Waals surface area contributed by atoms with Gasteiger partial charge in [-0.3, -0.25) is 0 Å². The molecule has 26 heavy (non-hydrogen) atoms. The standard InChI is InChI=1S/C21H23N3O2/c1-16(2)24(13-7-10-18-9-4-5-12-20(18)26-3)21(25)23-19-11-6-8-17(14-19)15-22/h4-12,14,16H,13H2,1-3H3,(H,23,25)/b10-7+. The number of para-hydroxylation sites is 1. The first-order chi connectivity index (χ1) is 12.5. The van der Waals surface area contributed by atoms with E-state index in [1.54, 1.807) is 36.3 Å². The number of hydrogen-bond acceptors (Lipinski definition) is 3. The highest BCUT2D eigenvalue weighted by Gasteiger charge is 2.15. The third-order valence-electron chi connectivity index (χ3n) is 3.87. The summed E-state index contributed by atoms with van der Waals surface area (Å²) in [7, 11) is 1.63. The minimum atomic E-state index is -0.209. The Balaban J connectivity index is 2.07. The molecule has 0 aromatic heterocycles. The highest BCUT2D eigenvalue weighted by atomic mass is 16.5. The van der Waals surface area contributed by atoms with Gasteiger partial charge in [-0.2, -0.15) is 5.26 Å². The van der Waals surface area contributed by atoms with E-state index in [0.717, 1.165) is 11.3 Å². The van der Waals surface area contributed by atoms with Gasteiger partial charge in [0.2, 0.25) is 0 Å². The maximum absolute atomic E-state index is 12.6. The molecule has 0 radical (unpaired) electrons. The molecule has 134 valence electrons. The summed E-state index contributed by atoms with van der Waals surface area (Å²) in [6.07, 6.45) is 3.88. The van der Waals surface area contributed by atoms with Crippen LogP contribution in [0.5, 0.6) is 5.75 Å². The molecule has 0 heterocycles. The zero-order valence-electron chi connectivity index (χ0n) is 15.3. The van der Waals surface area contributed by atoms with Crippen molar-refractivity contribution in [3.05, 3.63) is 65.7 Å². The summed E-state index contributed by atoms with van der Waals surface area (Å²) in [6.45, 7) is 4.38. The summed E-state index contributed by atoms with van der Waals surface area (Å²) in [5.74, 6) is 0.789. The van der Waals surface area contributed by atoms with Crippen LogP contribution in [0.4, 0.5) is 10.5 Å². The SMILES string of the molecule is COc1ccccc1/C=C/CN(C(=O)Nc1cccc(C#N)c1)C(C)C. The van der Waals surface area contributed by atoms with Crippen molar-refractivity contribution >= 4 is 17.8 Å². The van der Waals surface area contributed by atoms with Crippen molar-refractivity contribution < 1.29 is 9.53 Å². The predicted octanol–water partition coefficient (Wildman–Crippen LogP) is 4.52. The summed E-state index contributed by atoms with van der Waals surface area (Å²) in [4.78, 5) is 14.3. The van der Waals surface area contributed by atoms with Crippen molar-refractivity contribution in [1.29, 1.82) is 5.26 Å². The van der Waals surface area contributed by atoms with Crippen LogP contribution < -0.4 is 10.1 Å². The fraction of sp³-hybridized carbons (Fsp3) is 0.238. The predicted molar refractivity (Wildman–Crippen MR) is 104 cm³/mol. The first-order valence-corrected chi connectivity index (χ1v) is 8.42. The van der Waals surface area contributed by atoms with Crippen molar-refractivity contribution in [2.45, 2.75) is 19.9 Å². The fourth-order valence-corrected chi connectivity index (χ4v) is 2.49. The second-order valence-electron chi connectivity index (χ2n) is 6.01. The summed E-state index contributed by atoms with van der Waals surface area (Å²) in [5.41, 5.74) is 2.07. The van der Waals surface area contributed by atoms with Crippen molar-refractivity contribution in [2.75, 3.05) is 19.0 Å². The first-order valence-electron chi connectivity index (χ1n) is 8.42. The Labute approximate surface area is 154 Å². The van der Waals surface area contributed by atoms with Crippen LogP contribution in [0.15, 0.2) is 54.6 Å². The van der Waals surface area contributed by atoms with Crippen molar-refractivity contribution in [3.8, 4) is 11.8 Å². The monoisotopic (exact) mass is 349 g/mol. The van der Waals surface area contributed by atoms with Gasteiger partial charge >= 0.3 is 6.03 Å². The number of carbonyl (C=O) groups excluding carboxylic acids is 1. The van der Waals surface area contributed by atoms with Gasteiger partial charge in [0.25, 0.3) is 0 Å². The molecule has 0 saturated heterocycles. The van der Waals surface area contributed by atoms with Gasteiger partial charge in [0.15, 0.2) is 0 Å². The fourth-order valence-electron chi connectivity index (χ4n) is 2.49. The topological polar surface area (TPSA) is 65.4 Å². The number of urea groups is 1. The van der Waals surface area contributed by atoms with E-state index >= 15 is 0 Å². The summed E-state index contributed by atoms with van der Waals surface area (Å²) in [5, 5.41) is 11.8. The number of benzene rings is 2. The average molecular weight is 349 g/mol. The molecule has 0 aliphatic carbocycles. The van der Waals surface area contributed by atoms with Gasteiger partial charge in [-0.25, -0.2) is 4.79 Å². The van der Waals surface area contributed by atoms with E-state index in [1.807, 2.05) is 50.3 Å². The van der Waals surface area contributed by atoms with Crippen LogP contribution in [0.3, 0.4) is 0 Å². The molecular formula is C21H23N3O2. The number of amides is 2. The minimum absolute atomic E-state index is 0.0245. The zero-order valence-corrected chi connectivity index (χ0v) is 15.3. The Bertz CT molecular complexity index is 822. The van der Waals surface area contributed by atoms with Crippen LogP contribution in [-0.2, 0) is 0 Å². The average Bonchev–Trinajstić information content (AvgIpc) is 2.65. The summed E-state index contributed by atoms with van der Waals surface area (Å²) in [6, 6.07) is 16.5. The maximum atomic E-state index is 12.6. The molecule has 2 aromatic carbocycles. The van der Waals surface area contributed by atoms with Crippen LogP contribution in [0, 0.1) is 11.3 Å². The molecule has 0 aliphatic heterocycles. The number of hydrogen-bond donors (Lipinski definition) is 1. The lowest BCUT2D eigenvalue weighted by atomic mass is 10.2. The van der Waals surface area contributed by atoms with Gasteiger partial charge in [0, 0.05) is 23.8 Å². The molecule has 2 amide bonds. The Morgan fingerprint density at radius 2 is 2.04 bits per heavy atom. The second kappa shape index (κ2) is 9.28. The lowest BCUT2D eigenvalue weighted by molar-refractivity contribution is 0.204. The molecule has 0 spiro atoms. The number of nitrogens with one attached hydrogen (secondary N) is 1. The second-order valence-corrected chi connectivity index (χ2v) is 6.01. The van der Waals surface area contributed by atoms with E-state index in [9.17, 15) is 4.79 Å². The van der Waals surface area contributed by atoms with Gasteiger partial charge < -0.3 is 15.0 Å². The summed E-state index contributed by atoms with van der Waals surface area (Å²) < 4.78 is 5.33. The molecule has 0 saturated carbocycles. The van der Waals surface area contributed by atoms with Crippen LogP contribution in [0.2, 0.25) is 0 Å². The molecular weight excluding hydrogens is 326 g/mol. The Kier molecular flexibility index (Phi) is 6.81. The number of rotatable bonds is 6. The number of ether oxygens (including phenoxy) is 1. The molecule has 0 unspecified atom stereocenters. The van der Waals surface area contributed by atoms with Gasteiger partial charge in [-0.1, -0.05) is 36.4 Å². The Morgan fingerprint density at radius 3 is 2.73 bits per heavy atom. The number of carbonyl (C=O) groups is 1. The van der Waals surface area contributed by atoms with E-state index in [-0.39, 0.29) is 12.1 Å². The summed E-state index contributed by atoms with van der Waals surface area (Å²) >= 11 is 0. The van der Waals surface area contributed by atoms with Crippen LogP contribution in [-0.4, -0.2) is 30.6 Å². The molecule has 0 atom stereocenters. The third kappa shape index (κ3) is 5.12. The molecule has 0 fully saturated rings. The minimum Gasteiger partial charge on any atom is -0.496 e. The van der Waals surface area contributed by atoms with Crippen molar-refractivity contribution in [2.24, 2.45) is 0 Å². The molecule has 2 aromatic rings. The molecule has 5 heteroatoms. The van der Waals surface area contributed by atoms with E-state index in [1.165, 1.54) is 0 Å². The highest BCUT2D eigenvalue weighted by molar-refractivity contribution is 5.89. The quantitative estimate of drug-likeness (QED) is 0.834. The third-order valence-corrected chi connectivity index (χ3v) is 3.87. The largest absolute Gasteiger partial charge is 0.496 e. The van der Waals surface area contributed by atoms with Crippen LogP contribution >= 0.6 is 0 Å². The normalized spacial score (nSPS) is 10.6. The van der Waals surface area contributed by atoms with E-state index < -0.39 is 0 Å². The van der Waals surface area contributed by atoms with Gasteiger partial charge in [0.1, 0.15) is 5.75 Å². The van der Waals surface area contributed by atoms with Crippen LogP contribution in [0.25, 0.3) is 6.08 Å². The van der Waals surface area contributed by atoms with Crippen LogP contribution in [0.1, 0.15) is 25.0 Å². The van der Waals surface area contributed by atoms with E-state index in [4.69, 9.17) is 10.00 Å². The Hall–Kier alpha value is -3.26. The van der Waals surface area contributed by atoms with E-state index in [2.05, 4.69) is 11.4 Å². The molecule has 0 bridgehead atoms. The Morgan fingerprint density at radius 1 is 1.27 bits per heavy atom. The number of nitriles is 1. The zero-order chi connectivity index (χ0) is 18.9. The lowest BCUT2D eigenvalue weighted by Gasteiger charge is -2.25. The number of anilines is 1. The van der Waals surface area contributed by atoms with Crippen molar-refractivity contribution in [1.82, 2.24) is 4.90 Å². The maximum Gasteiger partial charge on any atom is 0.322 e. The molecule has 1 N–H and O–H groups in total. The van der Waals surface area contributed by atoms with Gasteiger partial charge in [0.05, 0.1) is 18.7 Å². The van der Waals surface area contributed by atoms with Gasteiger partial charge in [-0.05, 0) is 38.1 Å². The molecule has 0 aliphatic rings. The van der Waals surface area contributed by atoms with Gasteiger partial charge in [-0.15, -0.1) is 0 Å². The van der Waals surface area contributed by atoms with Crippen molar-refractivity contribution in [3.63, 3.8) is 0 Å². The number of methoxy groups -OCH3 is 1. The highest BCUT2D eigenvalue weighted by Crippen LogP contribution is 2.19. The molecule has 5 nitrogen and oxygen atoms in total. The first kappa shape index (κ1) is 19.1. The smallest absolute Gasteiger partial charge is 0.322 e. The molecule has 2 rings (SSSR count).